The van der Waals surface area contributed by atoms with E-state index in [1.165, 1.54) is 23.1 Å². The molecule has 2 N–H and O–H groups in total. The minimum atomic E-state index is -0.107. The maximum atomic E-state index is 12.2. The van der Waals surface area contributed by atoms with Crippen molar-refractivity contribution in [2.45, 2.75) is 4.34 Å². The van der Waals surface area contributed by atoms with E-state index in [9.17, 15) is 4.79 Å². The van der Waals surface area contributed by atoms with E-state index in [1.807, 2.05) is 84.9 Å². The average molecular weight is 435 g/mol. The van der Waals surface area contributed by atoms with Crippen LogP contribution in [-0.2, 0) is 4.79 Å². The number of para-hydroxylation sites is 2. The maximum Gasteiger partial charge on any atom is 0.234 e. The number of hydrogen-bond donors (Lipinski definition) is 2. The van der Waals surface area contributed by atoms with E-state index >= 15 is 0 Å². The van der Waals surface area contributed by atoms with Crippen LogP contribution in [0.15, 0.2) is 89.3 Å². The van der Waals surface area contributed by atoms with Gasteiger partial charge >= 0.3 is 0 Å². The van der Waals surface area contributed by atoms with Gasteiger partial charge in [-0.2, -0.15) is 0 Å². The van der Waals surface area contributed by atoms with Gasteiger partial charge in [0.05, 0.1) is 5.75 Å². The van der Waals surface area contributed by atoms with Crippen LogP contribution < -0.4 is 15.4 Å². The lowest BCUT2D eigenvalue weighted by molar-refractivity contribution is -0.113. The highest BCUT2D eigenvalue weighted by Crippen LogP contribution is 2.28. The lowest BCUT2D eigenvalue weighted by atomic mass is 10.3. The molecule has 0 radical (unpaired) electrons. The molecule has 0 saturated carbocycles. The Morgan fingerprint density at radius 3 is 2.23 bits per heavy atom. The van der Waals surface area contributed by atoms with Gasteiger partial charge in [-0.3, -0.25) is 4.79 Å². The van der Waals surface area contributed by atoms with Crippen LogP contribution in [0.2, 0.25) is 0 Å². The first kappa shape index (κ1) is 19.9. The Balaban J connectivity index is 1.25. The molecule has 30 heavy (non-hydrogen) atoms. The first-order valence-corrected chi connectivity index (χ1v) is 11.0. The van der Waals surface area contributed by atoms with Crippen LogP contribution in [0.4, 0.5) is 16.5 Å². The number of ether oxygens (including phenoxy) is 1. The first-order chi connectivity index (χ1) is 14.7. The largest absolute Gasteiger partial charge is 0.457 e. The van der Waals surface area contributed by atoms with Crippen molar-refractivity contribution in [3.8, 4) is 11.5 Å². The lowest BCUT2D eigenvalue weighted by Crippen LogP contribution is -2.13. The minimum absolute atomic E-state index is 0.107. The summed E-state index contributed by atoms with van der Waals surface area (Å²) in [5.74, 6) is 1.62. The summed E-state index contributed by atoms with van der Waals surface area (Å²) < 4.78 is 6.48. The van der Waals surface area contributed by atoms with Gasteiger partial charge in [-0.1, -0.05) is 59.5 Å². The SMILES string of the molecule is O=C(CSc1nnc(Nc2ccccc2)s1)Nc1ccc(Oc2ccccc2)cc1. The highest BCUT2D eigenvalue weighted by molar-refractivity contribution is 8.01. The second-order valence-electron chi connectivity index (χ2n) is 6.14. The monoisotopic (exact) mass is 434 g/mol. The fraction of sp³-hybridized carbons (Fsp3) is 0.0455. The molecule has 0 spiro atoms. The minimum Gasteiger partial charge on any atom is -0.457 e. The van der Waals surface area contributed by atoms with E-state index in [0.717, 1.165) is 15.8 Å². The Hall–Kier alpha value is -3.36. The van der Waals surface area contributed by atoms with Crippen LogP contribution in [0.1, 0.15) is 0 Å². The van der Waals surface area contributed by atoms with Crippen molar-refractivity contribution >= 4 is 45.5 Å². The lowest BCUT2D eigenvalue weighted by Gasteiger charge is -2.07. The molecule has 1 amide bonds. The van der Waals surface area contributed by atoms with Crippen molar-refractivity contribution in [1.29, 1.82) is 0 Å². The number of hydrogen-bond acceptors (Lipinski definition) is 7. The van der Waals surface area contributed by atoms with E-state index in [1.54, 1.807) is 0 Å². The zero-order chi connectivity index (χ0) is 20.6. The third-order valence-corrected chi connectivity index (χ3v) is 5.85. The van der Waals surface area contributed by atoms with Gasteiger partial charge in [0, 0.05) is 11.4 Å². The van der Waals surface area contributed by atoms with Gasteiger partial charge in [0.2, 0.25) is 11.0 Å². The second-order valence-corrected chi connectivity index (χ2v) is 8.34. The maximum absolute atomic E-state index is 12.2. The molecule has 6 nitrogen and oxygen atoms in total. The van der Waals surface area contributed by atoms with E-state index in [4.69, 9.17) is 4.74 Å². The number of carbonyl (C=O) groups is 1. The number of amides is 1. The van der Waals surface area contributed by atoms with Gasteiger partial charge in [-0.15, -0.1) is 10.2 Å². The molecule has 0 atom stereocenters. The van der Waals surface area contributed by atoms with Crippen LogP contribution in [0.5, 0.6) is 11.5 Å². The Kier molecular flexibility index (Phi) is 6.58. The fourth-order valence-corrected chi connectivity index (χ4v) is 4.09. The summed E-state index contributed by atoms with van der Waals surface area (Å²) >= 11 is 2.76. The molecule has 0 aliphatic heterocycles. The molecule has 0 unspecified atom stereocenters. The summed E-state index contributed by atoms with van der Waals surface area (Å²) in [6.45, 7) is 0. The van der Waals surface area contributed by atoms with Crippen molar-refractivity contribution in [2.75, 3.05) is 16.4 Å². The molecule has 0 fully saturated rings. The predicted molar refractivity (Wildman–Crippen MR) is 122 cm³/mol. The van der Waals surface area contributed by atoms with Crippen LogP contribution in [0.3, 0.4) is 0 Å². The molecular weight excluding hydrogens is 416 g/mol. The van der Waals surface area contributed by atoms with Crippen LogP contribution >= 0.6 is 23.1 Å². The van der Waals surface area contributed by atoms with Crippen LogP contribution in [0, 0.1) is 0 Å². The van der Waals surface area contributed by atoms with Gasteiger partial charge in [-0.25, -0.2) is 0 Å². The number of benzene rings is 3. The molecule has 1 heterocycles. The summed E-state index contributed by atoms with van der Waals surface area (Å²) in [7, 11) is 0. The first-order valence-electron chi connectivity index (χ1n) is 9.16. The zero-order valence-electron chi connectivity index (χ0n) is 15.8. The number of nitrogens with one attached hydrogen (secondary N) is 2. The Morgan fingerprint density at radius 2 is 1.50 bits per heavy atom. The number of rotatable bonds is 8. The number of nitrogens with zero attached hydrogens (tertiary/aromatic N) is 2. The molecule has 3 aromatic carbocycles. The van der Waals surface area contributed by atoms with Gasteiger partial charge in [0.1, 0.15) is 11.5 Å². The van der Waals surface area contributed by atoms with Crippen LogP contribution in [0.25, 0.3) is 0 Å². The standard InChI is InChI=1S/C22H18N4O2S2/c27-20(15-29-22-26-25-21(30-22)24-16-7-3-1-4-8-16)23-17-11-13-19(14-12-17)28-18-9-5-2-6-10-18/h1-14H,15H2,(H,23,27)(H,24,25). The highest BCUT2D eigenvalue weighted by atomic mass is 32.2. The number of anilines is 3. The quantitative estimate of drug-likeness (QED) is 0.341. The summed E-state index contributed by atoms with van der Waals surface area (Å²) in [6, 6.07) is 26.6. The number of aromatic nitrogens is 2. The molecule has 4 aromatic rings. The highest BCUT2D eigenvalue weighted by Gasteiger charge is 2.09. The molecule has 0 aliphatic rings. The molecule has 0 aliphatic carbocycles. The fourth-order valence-electron chi connectivity index (χ4n) is 2.52. The summed E-state index contributed by atoms with van der Waals surface area (Å²) in [5, 5.41) is 15.0. The van der Waals surface area contributed by atoms with Gasteiger partial charge in [-0.05, 0) is 48.5 Å². The normalized spacial score (nSPS) is 10.4. The van der Waals surface area contributed by atoms with Crippen molar-refractivity contribution < 1.29 is 9.53 Å². The van der Waals surface area contributed by atoms with Gasteiger partial charge in [0.25, 0.3) is 0 Å². The third-order valence-electron chi connectivity index (χ3n) is 3.88. The second kappa shape index (κ2) is 9.91. The summed E-state index contributed by atoms with van der Waals surface area (Å²) in [6.07, 6.45) is 0. The van der Waals surface area contributed by atoms with E-state index < -0.39 is 0 Å². The Bertz CT molecular complexity index is 1090. The third kappa shape index (κ3) is 5.82. The van der Waals surface area contributed by atoms with Gasteiger partial charge < -0.3 is 15.4 Å². The van der Waals surface area contributed by atoms with E-state index in [-0.39, 0.29) is 11.7 Å². The summed E-state index contributed by atoms with van der Waals surface area (Å²) in [5.41, 5.74) is 1.66. The van der Waals surface area contributed by atoms with Gasteiger partial charge in [0.15, 0.2) is 4.34 Å². The topological polar surface area (TPSA) is 76.1 Å². The number of carbonyl (C=O) groups excluding carboxylic acids is 1. The van der Waals surface area contributed by atoms with Crippen molar-refractivity contribution in [3.63, 3.8) is 0 Å². The molecule has 1 aromatic heterocycles. The van der Waals surface area contributed by atoms with Crippen LogP contribution in [-0.4, -0.2) is 21.9 Å². The van der Waals surface area contributed by atoms with Crippen molar-refractivity contribution in [2.24, 2.45) is 0 Å². The molecule has 150 valence electrons. The van der Waals surface area contributed by atoms with E-state index in [2.05, 4.69) is 20.8 Å². The summed E-state index contributed by atoms with van der Waals surface area (Å²) in [4.78, 5) is 12.2. The van der Waals surface area contributed by atoms with E-state index in [0.29, 0.717) is 16.6 Å². The number of thioether (sulfide) groups is 1. The van der Waals surface area contributed by atoms with Crippen molar-refractivity contribution in [1.82, 2.24) is 10.2 Å². The molecule has 8 heteroatoms. The average Bonchev–Trinajstić information content (AvgIpc) is 3.22. The zero-order valence-corrected chi connectivity index (χ0v) is 17.5. The molecule has 0 bridgehead atoms. The molecular formula is C22H18N4O2S2. The molecule has 4 rings (SSSR count). The Morgan fingerprint density at radius 1 is 0.833 bits per heavy atom. The van der Waals surface area contributed by atoms with Crippen molar-refractivity contribution in [3.05, 3.63) is 84.9 Å². The predicted octanol–water partition coefficient (Wildman–Crippen LogP) is 5.80. The Labute approximate surface area is 182 Å². The smallest absolute Gasteiger partial charge is 0.234 e. The molecule has 0 saturated heterocycles.